The Morgan fingerprint density at radius 1 is 1.23 bits per heavy atom. The van der Waals surface area contributed by atoms with Gasteiger partial charge in [0.05, 0.1) is 28.5 Å². The minimum Gasteiger partial charge on any atom is -0.465 e. The maximum atomic E-state index is 12.1. The van der Waals surface area contributed by atoms with Crippen LogP contribution in [0, 0.1) is 0 Å². The molecule has 0 aliphatic carbocycles. The Bertz CT molecular complexity index is 976. The Balaban J connectivity index is 1.63. The van der Waals surface area contributed by atoms with Crippen molar-refractivity contribution in [2.24, 2.45) is 0 Å². The summed E-state index contributed by atoms with van der Waals surface area (Å²) in [5.41, 5.74) is 1.45. The highest BCUT2D eigenvalue weighted by molar-refractivity contribution is 7.99. The maximum absolute atomic E-state index is 12.1. The number of esters is 1. The molecule has 7 nitrogen and oxygen atoms in total. The number of methoxy groups -OCH3 is 1. The number of anilines is 1. The van der Waals surface area contributed by atoms with E-state index in [0.717, 1.165) is 0 Å². The predicted octanol–water partition coefficient (Wildman–Crippen LogP) is 3.55. The van der Waals surface area contributed by atoms with Crippen molar-refractivity contribution in [2.45, 2.75) is 5.16 Å². The standard InChI is InChI=1S/C16H12Cl2N4O3S/c1-25-15(24)9-2-4-11(5-3-9)19-13(23)8-26-16-21-20-14-12(18)6-10(17)7-22(14)16/h2-7H,8H2,1H3,(H,19,23). The van der Waals surface area contributed by atoms with E-state index in [4.69, 9.17) is 23.2 Å². The van der Waals surface area contributed by atoms with Gasteiger partial charge in [0, 0.05) is 11.9 Å². The minimum atomic E-state index is -0.436. The van der Waals surface area contributed by atoms with Crippen molar-refractivity contribution in [1.29, 1.82) is 0 Å². The molecule has 0 fully saturated rings. The zero-order chi connectivity index (χ0) is 18.7. The molecule has 0 radical (unpaired) electrons. The molecule has 2 aromatic heterocycles. The second-order valence-electron chi connectivity index (χ2n) is 5.09. The van der Waals surface area contributed by atoms with Gasteiger partial charge in [-0.3, -0.25) is 9.20 Å². The average molecular weight is 411 g/mol. The van der Waals surface area contributed by atoms with Crippen molar-refractivity contribution >= 4 is 58.2 Å². The third-order valence-electron chi connectivity index (χ3n) is 3.32. The highest BCUT2D eigenvalue weighted by Crippen LogP contribution is 2.25. The smallest absolute Gasteiger partial charge is 0.337 e. The van der Waals surface area contributed by atoms with Gasteiger partial charge in [0.2, 0.25) is 5.91 Å². The molecule has 0 aliphatic rings. The summed E-state index contributed by atoms with van der Waals surface area (Å²) >= 11 is 13.2. The molecule has 0 unspecified atom stereocenters. The number of nitrogens with zero attached hydrogens (tertiary/aromatic N) is 3. The van der Waals surface area contributed by atoms with Gasteiger partial charge in [0.25, 0.3) is 0 Å². The summed E-state index contributed by atoms with van der Waals surface area (Å²) in [4.78, 5) is 23.5. The molecule has 0 saturated heterocycles. The second kappa shape index (κ2) is 7.94. The van der Waals surface area contributed by atoms with E-state index in [9.17, 15) is 9.59 Å². The first-order chi connectivity index (χ1) is 12.5. The summed E-state index contributed by atoms with van der Waals surface area (Å²) in [5.74, 6) is -0.552. The molecular formula is C16H12Cl2N4O3S. The van der Waals surface area contributed by atoms with Gasteiger partial charge in [0.1, 0.15) is 0 Å². The summed E-state index contributed by atoms with van der Waals surface area (Å²) in [7, 11) is 1.31. The molecule has 26 heavy (non-hydrogen) atoms. The third kappa shape index (κ3) is 4.09. The molecule has 1 N–H and O–H groups in total. The highest BCUT2D eigenvalue weighted by Gasteiger charge is 2.13. The number of nitrogens with one attached hydrogen (secondary N) is 1. The second-order valence-corrected chi connectivity index (χ2v) is 6.87. The number of amides is 1. The van der Waals surface area contributed by atoms with Crippen LogP contribution in [-0.2, 0) is 9.53 Å². The molecule has 134 valence electrons. The van der Waals surface area contributed by atoms with Crippen LogP contribution in [0.15, 0.2) is 41.7 Å². The molecule has 0 bridgehead atoms. The van der Waals surface area contributed by atoms with E-state index in [0.29, 0.717) is 32.1 Å². The molecule has 2 heterocycles. The van der Waals surface area contributed by atoms with E-state index < -0.39 is 5.97 Å². The summed E-state index contributed by atoms with van der Waals surface area (Å²) in [6.45, 7) is 0. The van der Waals surface area contributed by atoms with Gasteiger partial charge in [-0.1, -0.05) is 35.0 Å². The van der Waals surface area contributed by atoms with Crippen molar-refractivity contribution < 1.29 is 14.3 Å². The van der Waals surface area contributed by atoms with Gasteiger partial charge in [0.15, 0.2) is 10.8 Å². The van der Waals surface area contributed by atoms with E-state index in [-0.39, 0.29) is 11.7 Å². The Morgan fingerprint density at radius 3 is 2.65 bits per heavy atom. The topological polar surface area (TPSA) is 85.6 Å². The van der Waals surface area contributed by atoms with Gasteiger partial charge in [-0.2, -0.15) is 0 Å². The summed E-state index contributed by atoms with van der Waals surface area (Å²) in [5, 5.41) is 12.1. The lowest BCUT2D eigenvalue weighted by atomic mass is 10.2. The average Bonchev–Trinajstić information content (AvgIpc) is 3.03. The van der Waals surface area contributed by atoms with E-state index >= 15 is 0 Å². The van der Waals surface area contributed by atoms with Gasteiger partial charge >= 0.3 is 5.97 Å². The fourth-order valence-corrected chi connectivity index (χ4v) is 3.35. The largest absolute Gasteiger partial charge is 0.465 e. The molecule has 3 rings (SSSR count). The number of halogens is 2. The first-order valence-corrected chi connectivity index (χ1v) is 9.03. The van der Waals surface area contributed by atoms with Crippen LogP contribution in [0.5, 0.6) is 0 Å². The summed E-state index contributed by atoms with van der Waals surface area (Å²) < 4.78 is 6.26. The van der Waals surface area contributed by atoms with Crippen molar-refractivity contribution in [1.82, 2.24) is 14.6 Å². The number of carbonyl (C=O) groups excluding carboxylic acids is 2. The first kappa shape index (κ1) is 18.5. The van der Waals surface area contributed by atoms with Crippen LogP contribution >= 0.6 is 35.0 Å². The van der Waals surface area contributed by atoms with Crippen LogP contribution < -0.4 is 5.32 Å². The van der Waals surface area contributed by atoms with Crippen molar-refractivity contribution in [3.05, 3.63) is 52.1 Å². The Kier molecular flexibility index (Phi) is 5.65. The van der Waals surface area contributed by atoms with Crippen LogP contribution in [0.25, 0.3) is 5.65 Å². The number of benzene rings is 1. The third-order valence-corrected chi connectivity index (χ3v) is 4.75. The van der Waals surface area contributed by atoms with E-state index in [1.807, 2.05) is 0 Å². The van der Waals surface area contributed by atoms with E-state index in [1.54, 1.807) is 40.9 Å². The summed E-state index contributed by atoms with van der Waals surface area (Å²) in [6, 6.07) is 7.98. The SMILES string of the molecule is COC(=O)c1ccc(NC(=O)CSc2nnc3c(Cl)cc(Cl)cn23)cc1. The van der Waals surface area contributed by atoms with Crippen LogP contribution in [0.4, 0.5) is 5.69 Å². The fraction of sp³-hybridized carbons (Fsp3) is 0.125. The molecule has 0 spiro atoms. The number of hydrogen-bond donors (Lipinski definition) is 1. The first-order valence-electron chi connectivity index (χ1n) is 7.28. The van der Waals surface area contributed by atoms with Crippen molar-refractivity contribution in [3.63, 3.8) is 0 Å². The number of fused-ring (bicyclic) bond motifs is 1. The number of thioether (sulfide) groups is 1. The number of pyridine rings is 1. The normalized spacial score (nSPS) is 10.7. The van der Waals surface area contributed by atoms with E-state index in [1.165, 1.54) is 18.9 Å². The molecule has 1 amide bonds. The van der Waals surface area contributed by atoms with Gasteiger partial charge < -0.3 is 10.1 Å². The van der Waals surface area contributed by atoms with Crippen LogP contribution in [0.3, 0.4) is 0 Å². The fourth-order valence-electron chi connectivity index (χ4n) is 2.14. The van der Waals surface area contributed by atoms with E-state index in [2.05, 4.69) is 20.3 Å². The highest BCUT2D eigenvalue weighted by atomic mass is 35.5. The lowest BCUT2D eigenvalue weighted by molar-refractivity contribution is -0.113. The summed E-state index contributed by atoms with van der Waals surface area (Å²) in [6.07, 6.45) is 1.63. The Hall–Kier alpha value is -2.29. The van der Waals surface area contributed by atoms with Crippen molar-refractivity contribution in [2.75, 3.05) is 18.2 Å². The van der Waals surface area contributed by atoms with Crippen LogP contribution in [0.1, 0.15) is 10.4 Å². The molecule has 1 aromatic carbocycles. The van der Waals surface area contributed by atoms with Gasteiger partial charge in [-0.15, -0.1) is 10.2 Å². The number of carbonyl (C=O) groups is 2. The van der Waals surface area contributed by atoms with Gasteiger partial charge in [-0.05, 0) is 30.3 Å². The molecule has 0 aliphatic heterocycles. The maximum Gasteiger partial charge on any atom is 0.337 e. The molecule has 10 heteroatoms. The zero-order valence-corrected chi connectivity index (χ0v) is 15.7. The van der Waals surface area contributed by atoms with Crippen LogP contribution in [0.2, 0.25) is 10.0 Å². The Labute approximate surface area is 162 Å². The monoisotopic (exact) mass is 410 g/mol. The number of aromatic nitrogens is 3. The van der Waals surface area contributed by atoms with Crippen molar-refractivity contribution in [3.8, 4) is 0 Å². The number of hydrogen-bond acceptors (Lipinski definition) is 6. The molecule has 0 saturated carbocycles. The Morgan fingerprint density at radius 2 is 1.96 bits per heavy atom. The number of ether oxygens (including phenoxy) is 1. The van der Waals surface area contributed by atoms with Crippen LogP contribution in [-0.4, -0.2) is 39.3 Å². The lowest BCUT2D eigenvalue weighted by Gasteiger charge is -2.06. The predicted molar refractivity (Wildman–Crippen MR) is 100 cm³/mol. The lowest BCUT2D eigenvalue weighted by Crippen LogP contribution is -2.14. The molecular weight excluding hydrogens is 399 g/mol. The molecule has 3 aromatic rings. The molecule has 0 atom stereocenters. The van der Waals surface area contributed by atoms with Gasteiger partial charge in [-0.25, -0.2) is 4.79 Å². The quantitative estimate of drug-likeness (QED) is 0.511. The zero-order valence-electron chi connectivity index (χ0n) is 13.4. The number of rotatable bonds is 5. The minimum absolute atomic E-state index is 0.115.